The molecule has 1 heterocycles. The molecule has 0 fully saturated rings. The Bertz CT molecular complexity index is 587. The molecule has 0 atom stereocenters. The van der Waals surface area contributed by atoms with E-state index >= 15 is 0 Å². The summed E-state index contributed by atoms with van der Waals surface area (Å²) in [5, 5.41) is 18.4. The van der Waals surface area contributed by atoms with Gasteiger partial charge in [-0.05, 0) is 18.2 Å². The van der Waals surface area contributed by atoms with Gasteiger partial charge in [-0.1, -0.05) is 23.9 Å². The maximum Gasteiger partial charge on any atom is 0.1000 e. The van der Waals surface area contributed by atoms with Crippen LogP contribution in [0, 0.1) is 22.7 Å². The Kier molecular flexibility index (Phi) is 3.18. The van der Waals surface area contributed by atoms with Gasteiger partial charge in [0.1, 0.15) is 0 Å². The molecular formula is C13H9N3S. The number of nitriles is 2. The fraction of sp³-hybridized carbons (Fsp3) is 0.0769. The van der Waals surface area contributed by atoms with Gasteiger partial charge in [-0.3, -0.25) is 0 Å². The van der Waals surface area contributed by atoms with Crippen LogP contribution in [0.5, 0.6) is 0 Å². The van der Waals surface area contributed by atoms with Gasteiger partial charge in [0.15, 0.2) is 0 Å². The summed E-state index contributed by atoms with van der Waals surface area (Å²) < 4.78 is 0. The largest absolute Gasteiger partial charge is 0.338 e. The molecule has 0 aliphatic carbocycles. The minimum absolute atomic E-state index is 0.370. The van der Waals surface area contributed by atoms with Crippen molar-refractivity contribution in [2.75, 3.05) is 11.9 Å². The second kappa shape index (κ2) is 4.78. The zero-order valence-corrected chi connectivity index (χ0v) is 10.0. The highest BCUT2D eigenvalue weighted by molar-refractivity contribution is 8.03. The number of fused-ring (bicyclic) bond motifs is 1. The van der Waals surface area contributed by atoms with Gasteiger partial charge in [0.25, 0.3) is 0 Å². The lowest BCUT2D eigenvalue weighted by Gasteiger charge is -2.12. The van der Waals surface area contributed by atoms with Crippen molar-refractivity contribution in [3.8, 4) is 12.1 Å². The van der Waals surface area contributed by atoms with Gasteiger partial charge < -0.3 is 4.90 Å². The predicted molar refractivity (Wildman–Crippen MR) is 68.1 cm³/mol. The van der Waals surface area contributed by atoms with Crippen molar-refractivity contribution in [3.63, 3.8) is 0 Å². The minimum atomic E-state index is 0.370. The zero-order chi connectivity index (χ0) is 12.3. The Hall–Kier alpha value is -2.17. The van der Waals surface area contributed by atoms with Crippen molar-refractivity contribution in [2.24, 2.45) is 0 Å². The van der Waals surface area contributed by atoms with Crippen molar-refractivity contribution in [1.29, 1.82) is 10.5 Å². The summed E-state index contributed by atoms with van der Waals surface area (Å²) in [4.78, 5) is 3.18. The summed E-state index contributed by atoms with van der Waals surface area (Å²) in [6.45, 7) is 0. The first-order valence-electron chi connectivity index (χ1n) is 4.98. The van der Waals surface area contributed by atoms with E-state index in [0.717, 1.165) is 15.6 Å². The lowest BCUT2D eigenvalue weighted by atomic mass is 10.2. The second-order valence-corrected chi connectivity index (χ2v) is 4.51. The first-order valence-corrected chi connectivity index (χ1v) is 5.80. The third-order valence-electron chi connectivity index (χ3n) is 2.40. The van der Waals surface area contributed by atoms with Crippen molar-refractivity contribution < 1.29 is 0 Å². The summed E-state index contributed by atoms with van der Waals surface area (Å²) in [5.41, 5.74) is 1.49. The highest BCUT2D eigenvalue weighted by Gasteiger charge is 2.21. The molecule has 1 aromatic rings. The quantitative estimate of drug-likeness (QED) is 0.707. The van der Waals surface area contributed by atoms with Crippen LogP contribution in [0.15, 0.2) is 51.9 Å². The van der Waals surface area contributed by atoms with Crippen LogP contribution in [0.4, 0.5) is 5.69 Å². The fourth-order valence-electron chi connectivity index (χ4n) is 1.56. The maximum absolute atomic E-state index is 8.88. The average Bonchev–Trinajstić information content (AvgIpc) is 2.66. The molecule has 0 saturated carbocycles. The Morgan fingerprint density at radius 2 is 2.12 bits per heavy atom. The van der Waals surface area contributed by atoms with E-state index in [9.17, 15) is 0 Å². The van der Waals surface area contributed by atoms with E-state index in [1.807, 2.05) is 48.4 Å². The molecule has 4 heteroatoms. The highest BCUT2D eigenvalue weighted by atomic mass is 32.2. The number of nitrogens with zero attached hydrogens (tertiary/aromatic N) is 3. The molecule has 1 aliphatic heterocycles. The van der Waals surface area contributed by atoms with Crippen LogP contribution < -0.4 is 4.90 Å². The van der Waals surface area contributed by atoms with E-state index < -0.39 is 0 Å². The lowest BCUT2D eigenvalue weighted by molar-refractivity contribution is 1.17. The van der Waals surface area contributed by atoms with Crippen LogP contribution in [0.2, 0.25) is 0 Å². The molecule has 17 heavy (non-hydrogen) atoms. The van der Waals surface area contributed by atoms with E-state index in [4.69, 9.17) is 10.5 Å². The highest BCUT2D eigenvalue weighted by Crippen LogP contribution is 2.44. The van der Waals surface area contributed by atoms with E-state index in [0.29, 0.717) is 5.57 Å². The van der Waals surface area contributed by atoms with E-state index in [-0.39, 0.29) is 0 Å². The number of hydrogen-bond acceptors (Lipinski definition) is 4. The van der Waals surface area contributed by atoms with Crippen LogP contribution in [0.1, 0.15) is 0 Å². The van der Waals surface area contributed by atoms with Crippen LogP contribution in [-0.4, -0.2) is 7.05 Å². The average molecular weight is 239 g/mol. The predicted octanol–water partition coefficient (Wildman–Crippen LogP) is 3.04. The number of hydrogen-bond donors (Lipinski definition) is 0. The zero-order valence-electron chi connectivity index (χ0n) is 9.21. The second-order valence-electron chi connectivity index (χ2n) is 3.45. The maximum atomic E-state index is 8.88. The number of rotatable bonds is 1. The van der Waals surface area contributed by atoms with Crippen LogP contribution >= 0.6 is 11.8 Å². The summed E-state index contributed by atoms with van der Waals surface area (Å²) in [5.74, 6) is 0. The first-order chi connectivity index (χ1) is 8.26. The standard InChI is InChI=1S/C13H9N3S/c1-16-11-4-2-3-5-12(11)17-13(16)8-10(9-15)6-7-14/h2-6,8H,1H3. The van der Waals surface area contributed by atoms with Crippen molar-refractivity contribution in [3.05, 3.63) is 47.0 Å². The number of thioether (sulfide) groups is 1. The van der Waals surface area contributed by atoms with Crippen LogP contribution in [-0.2, 0) is 0 Å². The Labute approximate surface area is 104 Å². The van der Waals surface area contributed by atoms with Crippen molar-refractivity contribution >= 4 is 17.4 Å². The third kappa shape index (κ3) is 2.18. The Balaban J connectivity index is 2.36. The molecule has 82 valence electrons. The molecule has 3 nitrogen and oxygen atoms in total. The van der Waals surface area contributed by atoms with Gasteiger partial charge in [0.2, 0.25) is 0 Å². The number of anilines is 1. The normalized spacial score (nSPS) is 16.5. The van der Waals surface area contributed by atoms with Crippen molar-refractivity contribution in [1.82, 2.24) is 0 Å². The Morgan fingerprint density at radius 1 is 1.35 bits per heavy atom. The monoisotopic (exact) mass is 239 g/mol. The van der Waals surface area contributed by atoms with E-state index in [1.54, 1.807) is 17.8 Å². The molecule has 1 aromatic carbocycles. The van der Waals surface area contributed by atoms with Gasteiger partial charge in [0.05, 0.1) is 28.4 Å². The molecule has 0 unspecified atom stereocenters. The third-order valence-corrected chi connectivity index (χ3v) is 3.57. The SMILES string of the molecule is CN1C(=CC(C#N)=CC#N)Sc2ccccc21. The molecule has 0 bridgehead atoms. The lowest BCUT2D eigenvalue weighted by Crippen LogP contribution is -2.09. The molecule has 0 radical (unpaired) electrons. The molecule has 0 spiro atoms. The van der Waals surface area contributed by atoms with Crippen LogP contribution in [0.25, 0.3) is 0 Å². The smallest absolute Gasteiger partial charge is 0.1000 e. The van der Waals surface area contributed by atoms with Gasteiger partial charge in [0, 0.05) is 18.0 Å². The molecule has 0 aromatic heterocycles. The first kappa shape index (κ1) is 11.3. The molecule has 0 N–H and O–H groups in total. The molecule has 2 rings (SSSR count). The molecule has 1 aliphatic rings. The molecule has 0 saturated heterocycles. The topological polar surface area (TPSA) is 50.8 Å². The van der Waals surface area contributed by atoms with Gasteiger partial charge >= 0.3 is 0 Å². The summed E-state index contributed by atoms with van der Waals surface area (Å²) in [6, 6.07) is 11.9. The van der Waals surface area contributed by atoms with Gasteiger partial charge in [-0.25, -0.2) is 0 Å². The summed E-state index contributed by atoms with van der Waals surface area (Å²) in [7, 11) is 1.95. The van der Waals surface area contributed by atoms with Gasteiger partial charge in [-0.2, -0.15) is 10.5 Å². The number of allylic oxidation sites excluding steroid dienone is 3. The number of benzene rings is 1. The van der Waals surface area contributed by atoms with Crippen LogP contribution in [0.3, 0.4) is 0 Å². The molecular weight excluding hydrogens is 230 g/mol. The summed E-state index contributed by atoms with van der Waals surface area (Å²) in [6.07, 6.45) is 2.98. The minimum Gasteiger partial charge on any atom is -0.338 e. The summed E-state index contributed by atoms with van der Waals surface area (Å²) >= 11 is 1.60. The molecule has 0 amide bonds. The van der Waals surface area contributed by atoms with Gasteiger partial charge in [-0.15, -0.1) is 0 Å². The van der Waals surface area contributed by atoms with Crippen molar-refractivity contribution in [2.45, 2.75) is 4.90 Å². The fourth-order valence-corrected chi connectivity index (χ4v) is 2.66. The van der Waals surface area contributed by atoms with E-state index in [2.05, 4.69) is 0 Å². The number of para-hydroxylation sites is 1. The van der Waals surface area contributed by atoms with E-state index in [1.165, 1.54) is 6.08 Å². The Morgan fingerprint density at radius 3 is 2.76 bits per heavy atom.